The number of rotatable bonds is 3. The monoisotopic (exact) mass is 214 g/mol. The van der Waals surface area contributed by atoms with Crippen LogP contribution >= 0.6 is 11.3 Å². The maximum atomic E-state index is 3.84. The first kappa shape index (κ1) is 10.2. The maximum Gasteiger partial charge on any atom is 0.0299 e. The van der Waals surface area contributed by atoms with Gasteiger partial charge in [-0.15, -0.1) is 11.3 Å². The van der Waals surface area contributed by atoms with Crippen LogP contribution in [0.2, 0.25) is 0 Å². The fourth-order valence-electron chi connectivity index (χ4n) is 1.69. The fourth-order valence-corrected chi connectivity index (χ4v) is 2.45. The molecule has 2 aromatic rings. The zero-order valence-corrected chi connectivity index (χ0v) is 9.68. The summed E-state index contributed by atoms with van der Waals surface area (Å²) in [6, 6.07) is 10.7. The normalized spacial score (nSPS) is 10.2. The highest BCUT2D eigenvalue weighted by Gasteiger charge is 2.03. The first-order chi connectivity index (χ1) is 7.31. The van der Waals surface area contributed by atoms with Gasteiger partial charge in [0.2, 0.25) is 0 Å². The molecule has 0 unspecified atom stereocenters. The minimum absolute atomic E-state index is 1.01. The van der Waals surface area contributed by atoms with E-state index in [1.54, 1.807) is 11.3 Å². The Morgan fingerprint density at radius 1 is 1.20 bits per heavy atom. The van der Waals surface area contributed by atoms with Crippen LogP contribution in [0.5, 0.6) is 0 Å². The number of aryl methyl sites for hydroxylation is 1. The van der Waals surface area contributed by atoms with Crippen LogP contribution in [-0.2, 0) is 6.42 Å². The molecule has 0 saturated carbocycles. The molecule has 0 saturated heterocycles. The molecule has 15 heavy (non-hydrogen) atoms. The van der Waals surface area contributed by atoms with Gasteiger partial charge in [-0.05, 0) is 41.5 Å². The van der Waals surface area contributed by atoms with Gasteiger partial charge in [-0.3, -0.25) is 0 Å². The van der Waals surface area contributed by atoms with Crippen molar-refractivity contribution in [1.82, 2.24) is 0 Å². The van der Waals surface area contributed by atoms with Crippen LogP contribution in [0, 0.1) is 6.92 Å². The molecule has 1 heterocycles. The fraction of sp³-hybridized carbons (Fsp3) is 0.143. The summed E-state index contributed by atoms with van der Waals surface area (Å²) >= 11 is 1.76. The van der Waals surface area contributed by atoms with Crippen LogP contribution in [0.4, 0.5) is 0 Å². The average molecular weight is 214 g/mol. The molecule has 0 bridgehead atoms. The third-order valence-electron chi connectivity index (χ3n) is 2.61. The van der Waals surface area contributed by atoms with E-state index in [-0.39, 0.29) is 0 Å². The van der Waals surface area contributed by atoms with Gasteiger partial charge in [-0.2, -0.15) is 0 Å². The molecule has 1 heteroatoms. The molecule has 0 spiro atoms. The van der Waals surface area contributed by atoms with Gasteiger partial charge in [-0.1, -0.05) is 36.9 Å². The highest BCUT2D eigenvalue weighted by molar-refractivity contribution is 7.11. The van der Waals surface area contributed by atoms with E-state index in [0.717, 1.165) is 6.42 Å². The van der Waals surface area contributed by atoms with Crippen molar-refractivity contribution in [2.45, 2.75) is 13.3 Å². The van der Waals surface area contributed by atoms with E-state index < -0.39 is 0 Å². The van der Waals surface area contributed by atoms with Gasteiger partial charge in [0, 0.05) is 4.88 Å². The van der Waals surface area contributed by atoms with Crippen molar-refractivity contribution in [2.24, 2.45) is 0 Å². The second kappa shape index (κ2) is 4.45. The molecule has 76 valence electrons. The largest absolute Gasteiger partial charge is 0.144 e. The number of benzene rings is 1. The first-order valence-electron chi connectivity index (χ1n) is 5.04. The van der Waals surface area contributed by atoms with E-state index in [1.807, 2.05) is 6.08 Å². The summed E-state index contributed by atoms with van der Waals surface area (Å²) in [4.78, 5) is 1.29. The Bertz CT molecular complexity index is 466. The Morgan fingerprint density at radius 3 is 2.73 bits per heavy atom. The van der Waals surface area contributed by atoms with E-state index in [4.69, 9.17) is 0 Å². The lowest BCUT2D eigenvalue weighted by atomic mass is 10.0. The Labute approximate surface area is 94.9 Å². The average Bonchev–Trinajstić information content (AvgIpc) is 2.69. The minimum Gasteiger partial charge on any atom is -0.144 e. The van der Waals surface area contributed by atoms with Crippen molar-refractivity contribution in [3.05, 3.63) is 63.9 Å². The van der Waals surface area contributed by atoms with E-state index in [2.05, 4.69) is 49.2 Å². The van der Waals surface area contributed by atoms with Gasteiger partial charge in [0.1, 0.15) is 0 Å². The van der Waals surface area contributed by atoms with Crippen molar-refractivity contribution < 1.29 is 0 Å². The quantitative estimate of drug-likeness (QED) is 0.715. The molecular weight excluding hydrogens is 200 g/mol. The molecule has 0 aliphatic carbocycles. The van der Waals surface area contributed by atoms with Gasteiger partial charge in [0.15, 0.2) is 0 Å². The van der Waals surface area contributed by atoms with Gasteiger partial charge < -0.3 is 0 Å². The van der Waals surface area contributed by atoms with Crippen LogP contribution < -0.4 is 0 Å². The summed E-state index contributed by atoms with van der Waals surface area (Å²) in [5, 5.41) is 2.13. The smallest absolute Gasteiger partial charge is 0.0299 e. The second-order valence-electron chi connectivity index (χ2n) is 3.62. The molecule has 0 atom stereocenters. The minimum atomic E-state index is 1.01. The molecule has 1 aromatic heterocycles. The lowest BCUT2D eigenvalue weighted by Gasteiger charge is -2.04. The number of thiophene rings is 1. The molecular formula is C14H14S. The van der Waals surface area contributed by atoms with Gasteiger partial charge in [0.05, 0.1) is 0 Å². The van der Waals surface area contributed by atoms with Crippen LogP contribution in [0.1, 0.15) is 21.6 Å². The molecule has 0 radical (unpaired) electrons. The predicted molar refractivity (Wildman–Crippen MR) is 68.4 cm³/mol. The third kappa shape index (κ3) is 2.18. The van der Waals surface area contributed by atoms with Gasteiger partial charge in [0.25, 0.3) is 0 Å². The SMILES string of the molecule is C=Cc1sccc1Cc1ccccc1C. The lowest BCUT2D eigenvalue weighted by molar-refractivity contribution is 1.16. The van der Waals surface area contributed by atoms with E-state index >= 15 is 0 Å². The first-order valence-corrected chi connectivity index (χ1v) is 5.92. The van der Waals surface area contributed by atoms with E-state index in [9.17, 15) is 0 Å². The molecule has 0 aliphatic rings. The highest BCUT2D eigenvalue weighted by Crippen LogP contribution is 2.22. The van der Waals surface area contributed by atoms with Crippen LogP contribution in [0.15, 0.2) is 42.3 Å². The summed E-state index contributed by atoms with van der Waals surface area (Å²) in [6.45, 7) is 6.00. The summed E-state index contributed by atoms with van der Waals surface area (Å²) in [6.07, 6.45) is 2.95. The molecule has 0 fully saturated rings. The Morgan fingerprint density at radius 2 is 2.00 bits per heavy atom. The number of hydrogen-bond donors (Lipinski definition) is 0. The van der Waals surface area contributed by atoms with Crippen molar-refractivity contribution in [3.8, 4) is 0 Å². The zero-order chi connectivity index (χ0) is 10.7. The van der Waals surface area contributed by atoms with Crippen molar-refractivity contribution in [1.29, 1.82) is 0 Å². The number of hydrogen-bond acceptors (Lipinski definition) is 1. The summed E-state index contributed by atoms with van der Waals surface area (Å²) in [5.41, 5.74) is 4.14. The third-order valence-corrected chi connectivity index (χ3v) is 3.56. The van der Waals surface area contributed by atoms with Crippen LogP contribution in [-0.4, -0.2) is 0 Å². The van der Waals surface area contributed by atoms with Crippen LogP contribution in [0.25, 0.3) is 6.08 Å². The van der Waals surface area contributed by atoms with Crippen molar-refractivity contribution >= 4 is 17.4 Å². The molecule has 0 nitrogen and oxygen atoms in total. The molecule has 0 amide bonds. The standard InChI is InChI=1S/C14H14S/c1-3-14-13(8-9-15-14)10-12-7-5-4-6-11(12)2/h3-9H,1,10H2,2H3. The van der Waals surface area contributed by atoms with Gasteiger partial charge >= 0.3 is 0 Å². The second-order valence-corrected chi connectivity index (χ2v) is 4.57. The van der Waals surface area contributed by atoms with Crippen molar-refractivity contribution in [3.63, 3.8) is 0 Å². The van der Waals surface area contributed by atoms with E-state index in [0.29, 0.717) is 0 Å². The van der Waals surface area contributed by atoms with E-state index in [1.165, 1.54) is 21.6 Å². The Balaban J connectivity index is 2.29. The predicted octanol–water partition coefficient (Wildman–Crippen LogP) is 4.29. The topological polar surface area (TPSA) is 0 Å². The Kier molecular flexibility index (Phi) is 3.02. The van der Waals surface area contributed by atoms with Crippen molar-refractivity contribution in [2.75, 3.05) is 0 Å². The highest BCUT2D eigenvalue weighted by atomic mass is 32.1. The summed E-state index contributed by atoms with van der Waals surface area (Å²) in [7, 11) is 0. The van der Waals surface area contributed by atoms with Gasteiger partial charge in [-0.25, -0.2) is 0 Å². The molecule has 0 aliphatic heterocycles. The molecule has 0 N–H and O–H groups in total. The summed E-state index contributed by atoms with van der Waals surface area (Å²) < 4.78 is 0. The maximum absolute atomic E-state index is 3.84. The lowest BCUT2D eigenvalue weighted by Crippen LogP contribution is -1.90. The zero-order valence-electron chi connectivity index (χ0n) is 8.86. The molecule has 1 aromatic carbocycles. The van der Waals surface area contributed by atoms with Crippen LogP contribution in [0.3, 0.4) is 0 Å². The summed E-state index contributed by atoms with van der Waals surface area (Å²) in [5.74, 6) is 0. The Hall–Kier alpha value is -1.34. The molecule has 2 rings (SSSR count).